The van der Waals surface area contributed by atoms with Gasteiger partial charge in [0.05, 0.1) is 7.11 Å². The summed E-state index contributed by atoms with van der Waals surface area (Å²) < 4.78 is 5.11. The Hall–Kier alpha value is -1.62. The molecule has 2 atom stereocenters. The zero-order valence-corrected chi connectivity index (χ0v) is 10.6. The predicted molar refractivity (Wildman–Crippen MR) is 69.3 cm³/mol. The molecule has 3 N–H and O–H groups in total. The van der Waals surface area contributed by atoms with Crippen molar-refractivity contribution in [1.29, 1.82) is 0 Å². The highest BCUT2D eigenvalue weighted by atomic mass is 16.5. The van der Waals surface area contributed by atoms with E-state index in [0.29, 0.717) is 24.0 Å². The molecule has 0 bridgehead atoms. The van der Waals surface area contributed by atoms with Gasteiger partial charge in [0.25, 0.3) is 0 Å². The molecule has 0 radical (unpaired) electrons. The molecule has 5 heteroatoms. The Balaban J connectivity index is 2.07. The third-order valence-electron chi connectivity index (χ3n) is 3.52. The lowest BCUT2D eigenvalue weighted by molar-refractivity contribution is -0.120. The number of rotatable bonds is 4. The first kappa shape index (κ1) is 12.8. The van der Waals surface area contributed by atoms with Crippen LogP contribution in [0.4, 0.5) is 5.69 Å². The monoisotopic (exact) mass is 249 g/mol. The maximum Gasteiger partial charge on any atom is 0.237 e. The van der Waals surface area contributed by atoms with Crippen LogP contribution in [0.3, 0.4) is 0 Å². The van der Waals surface area contributed by atoms with E-state index in [4.69, 9.17) is 10.5 Å². The lowest BCUT2D eigenvalue weighted by atomic mass is 9.95. The first-order valence-corrected chi connectivity index (χ1v) is 6.26. The van der Waals surface area contributed by atoms with Crippen molar-refractivity contribution in [2.45, 2.75) is 19.3 Å². The van der Waals surface area contributed by atoms with Crippen LogP contribution in [0.15, 0.2) is 18.3 Å². The number of nitrogens with two attached hydrogens (primary N) is 1. The Morgan fingerprint density at radius 1 is 1.61 bits per heavy atom. The molecule has 1 aliphatic rings. The van der Waals surface area contributed by atoms with Gasteiger partial charge in [-0.2, -0.15) is 0 Å². The minimum absolute atomic E-state index is 0.0138. The van der Waals surface area contributed by atoms with Crippen LogP contribution in [-0.4, -0.2) is 24.5 Å². The van der Waals surface area contributed by atoms with Gasteiger partial charge in [0.1, 0.15) is 5.69 Å². The van der Waals surface area contributed by atoms with Gasteiger partial charge in [0.15, 0.2) is 0 Å². The smallest absolute Gasteiger partial charge is 0.237 e. The van der Waals surface area contributed by atoms with Crippen molar-refractivity contribution in [2.75, 3.05) is 19.0 Å². The molecule has 2 rings (SSSR count). The molecule has 1 amide bonds. The highest BCUT2D eigenvalue weighted by Gasteiger charge is 2.32. The van der Waals surface area contributed by atoms with Crippen LogP contribution in [0.1, 0.15) is 19.3 Å². The summed E-state index contributed by atoms with van der Waals surface area (Å²) in [5.41, 5.74) is 6.31. The van der Waals surface area contributed by atoms with Gasteiger partial charge in [0, 0.05) is 12.1 Å². The summed E-state index contributed by atoms with van der Waals surface area (Å²) >= 11 is 0. The average molecular weight is 249 g/mol. The number of carbonyl (C=O) groups is 1. The summed E-state index contributed by atoms with van der Waals surface area (Å²) in [5, 5.41) is 2.89. The largest absolute Gasteiger partial charge is 0.480 e. The van der Waals surface area contributed by atoms with E-state index < -0.39 is 0 Å². The van der Waals surface area contributed by atoms with Crippen molar-refractivity contribution >= 4 is 11.6 Å². The Kier molecular flexibility index (Phi) is 4.15. The molecule has 1 aromatic heterocycles. The summed E-state index contributed by atoms with van der Waals surface area (Å²) in [4.78, 5) is 16.3. The van der Waals surface area contributed by atoms with Gasteiger partial charge in [-0.3, -0.25) is 4.79 Å². The third-order valence-corrected chi connectivity index (χ3v) is 3.52. The molecule has 98 valence electrons. The number of hydrogen-bond acceptors (Lipinski definition) is 4. The zero-order valence-electron chi connectivity index (χ0n) is 10.6. The fourth-order valence-electron chi connectivity index (χ4n) is 2.54. The van der Waals surface area contributed by atoms with Crippen LogP contribution >= 0.6 is 0 Å². The second-order valence-corrected chi connectivity index (χ2v) is 4.58. The number of amides is 1. The van der Waals surface area contributed by atoms with Crippen molar-refractivity contribution in [3.05, 3.63) is 18.3 Å². The molecule has 0 spiro atoms. The van der Waals surface area contributed by atoms with Crippen LogP contribution < -0.4 is 15.8 Å². The molecule has 2 unspecified atom stereocenters. The first-order valence-electron chi connectivity index (χ1n) is 6.26. The van der Waals surface area contributed by atoms with E-state index in [-0.39, 0.29) is 11.8 Å². The van der Waals surface area contributed by atoms with Crippen LogP contribution in [0, 0.1) is 11.8 Å². The quantitative estimate of drug-likeness (QED) is 0.845. The number of nitrogens with zero attached hydrogens (tertiary/aromatic N) is 1. The van der Waals surface area contributed by atoms with Gasteiger partial charge in [-0.25, -0.2) is 4.98 Å². The number of ether oxygens (including phenoxy) is 1. The molecule has 0 aliphatic heterocycles. The van der Waals surface area contributed by atoms with Crippen molar-refractivity contribution in [2.24, 2.45) is 17.6 Å². The van der Waals surface area contributed by atoms with Gasteiger partial charge in [-0.15, -0.1) is 0 Å². The summed E-state index contributed by atoms with van der Waals surface area (Å²) in [6.07, 6.45) is 4.66. The molecule has 0 saturated heterocycles. The van der Waals surface area contributed by atoms with E-state index in [9.17, 15) is 4.79 Å². The van der Waals surface area contributed by atoms with Crippen LogP contribution in [0.25, 0.3) is 0 Å². The van der Waals surface area contributed by atoms with Crippen LogP contribution in [0.2, 0.25) is 0 Å². The highest BCUT2D eigenvalue weighted by Crippen LogP contribution is 2.32. The third kappa shape index (κ3) is 2.61. The molecule has 0 aromatic carbocycles. The number of nitrogens with one attached hydrogen (secondary N) is 1. The highest BCUT2D eigenvalue weighted by molar-refractivity contribution is 5.94. The van der Waals surface area contributed by atoms with Gasteiger partial charge >= 0.3 is 0 Å². The van der Waals surface area contributed by atoms with Gasteiger partial charge < -0.3 is 15.8 Å². The fraction of sp³-hybridized carbons (Fsp3) is 0.538. The summed E-state index contributed by atoms with van der Waals surface area (Å²) in [6, 6.07) is 3.56. The number of methoxy groups -OCH3 is 1. The molecule has 5 nitrogen and oxygen atoms in total. The van der Waals surface area contributed by atoms with E-state index in [1.54, 1.807) is 18.3 Å². The van der Waals surface area contributed by atoms with Gasteiger partial charge in [0.2, 0.25) is 11.8 Å². The lowest BCUT2D eigenvalue weighted by Gasteiger charge is -2.17. The van der Waals surface area contributed by atoms with Crippen molar-refractivity contribution in [3.8, 4) is 5.88 Å². The second-order valence-electron chi connectivity index (χ2n) is 4.58. The molecule has 1 saturated carbocycles. The number of carbonyl (C=O) groups excluding carboxylic acids is 1. The van der Waals surface area contributed by atoms with Crippen LogP contribution in [-0.2, 0) is 4.79 Å². The van der Waals surface area contributed by atoms with Crippen molar-refractivity contribution in [3.63, 3.8) is 0 Å². The number of anilines is 1. The van der Waals surface area contributed by atoms with E-state index in [1.807, 2.05) is 0 Å². The summed E-state index contributed by atoms with van der Waals surface area (Å²) in [5.74, 6) is 0.773. The zero-order chi connectivity index (χ0) is 13.0. The molecular formula is C13H19N3O2. The predicted octanol–water partition coefficient (Wildman–Crippen LogP) is 1.40. The topological polar surface area (TPSA) is 77.2 Å². The van der Waals surface area contributed by atoms with E-state index in [1.165, 1.54) is 7.11 Å². The summed E-state index contributed by atoms with van der Waals surface area (Å²) in [6.45, 7) is 0.572. The Labute approximate surface area is 107 Å². The molecule has 18 heavy (non-hydrogen) atoms. The average Bonchev–Trinajstić information content (AvgIpc) is 2.87. The second kappa shape index (κ2) is 5.82. The standard InChI is InChI=1S/C13H19N3O2/c1-18-13-11(6-3-7-15-13)16-12(17)10-5-2-4-9(10)8-14/h3,6-7,9-10H,2,4-5,8,14H2,1H3,(H,16,17). The van der Waals surface area contributed by atoms with Crippen molar-refractivity contribution < 1.29 is 9.53 Å². The molecule has 1 aliphatic carbocycles. The van der Waals surface area contributed by atoms with Gasteiger partial charge in [-0.05, 0) is 37.4 Å². The minimum Gasteiger partial charge on any atom is -0.480 e. The number of hydrogen-bond donors (Lipinski definition) is 2. The Bertz CT molecular complexity index is 422. The van der Waals surface area contributed by atoms with Crippen LogP contribution in [0.5, 0.6) is 5.88 Å². The minimum atomic E-state index is 0.0138. The maximum absolute atomic E-state index is 12.2. The van der Waals surface area contributed by atoms with E-state index >= 15 is 0 Å². The number of pyridine rings is 1. The normalized spacial score (nSPS) is 22.8. The molecule has 1 fully saturated rings. The first-order chi connectivity index (χ1) is 8.76. The Morgan fingerprint density at radius 2 is 2.44 bits per heavy atom. The van der Waals surface area contributed by atoms with Gasteiger partial charge in [-0.1, -0.05) is 6.42 Å². The molecule has 1 aromatic rings. The Morgan fingerprint density at radius 3 is 3.17 bits per heavy atom. The SMILES string of the molecule is COc1ncccc1NC(=O)C1CCCC1CN. The number of aromatic nitrogens is 1. The summed E-state index contributed by atoms with van der Waals surface area (Å²) in [7, 11) is 1.54. The lowest BCUT2D eigenvalue weighted by Crippen LogP contribution is -2.29. The fourth-order valence-corrected chi connectivity index (χ4v) is 2.54. The molecular weight excluding hydrogens is 230 g/mol. The molecule has 1 heterocycles. The van der Waals surface area contributed by atoms with Crippen molar-refractivity contribution in [1.82, 2.24) is 4.98 Å². The van der Waals surface area contributed by atoms with E-state index in [2.05, 4.69) is 10.3 Å². The maximum atomic E-state index is 12.2. The van der Waals surface area contributed by atoms with E-state index in [0.717, 1.165) is 19.3 Å².